The Kier molecular flexibility index (Phi) is 4.35. The van der Waals surface area contributed by atoms with Crippen molar-refractivity contribution in [2.75, 3.05) is 11.4 Å². The van der Waals surface area contributed by atoms with Crippen molar-refractivity contribution < 1.29 is 9.59 Å². The van der Waals surface area contributed by atoms with Crippen LogP contribution in [0, 0.1) is 0 Å². The third-order valence-electron chi connectivity index (χ3n) is 4.61. The molecular formula is C21H17ClN2O2. The molecule has 1 aliphatic rings. The van der Waals surface area contributed by atoms with Gasteiger partial charge in [0.25, 0.3) is 5.91 Å². The largest absolute Gasteiger partial charge is 0.347 e. The molecule has 26 heavy (non-hydrogen) atoms. The molecule has 4 nitrogen and oxygen atoms in total. The van der Waals surface area contributed by atoms with Gasteiger partial charge in [-0.15, -0.1) is 0 Å². The maximum Gasteiger partial charge on any atom is 0.251 e. The molecule has 0 saturated carbocycles. The molecular weight excluding hydrogens is 348 g/mol. The summed E-state index contributed by atoms with van der Waals surface area (Å²) in [6.07, 6.45) is 0.294. The number of nitrogens with one attached hydrogen (secondary N) is 1. The van der Waals surface area contributed by atoms with E-state index < -0.39 is 0 Å². The summed E-state index contributed by atoms with van der Waals surface area (Å²) < 4.78 is 0. The van der Waals surface area contributed by atoms with E-state index in [0.29, 0.717) is 23.6 Å². The average molecular weight is 365 g/mol. The predicted molar refractivity (Wildman–Crippen MR) is 104 cm³/mol. The first-order valence-corrected chi connectivity index (χ1v) is 8.83. The van der Waals surface area contributed by atoms with Gasteiger partial charge < -0.3 is 10.2 Å². The first-order valence-electron chi connectivity index (χ1n) is 8.46. The van der Waals surface area contributed by atoms with Crippen LogP contribution in [0.2, 0.25) is 5.02 Å². The number of carbonyl (C=O) groups excluding carboxylic acids is 2. The average Bonchev–Trinajstić information content (AvgIpc) is 3.02. The monoisotopic (exact) mass is 364 g/mol. The van der Waals surface area contributed by atoms with Crippen LogP contribution in [0.4, 0.5) is 5.69 Å². The smallest absolute Gasteiger partial charge is 0.251 e. The van der Waals surface area contributed by atoms with Crippen molar-refractivity contribution in [3.8, 4) is 0 Å². The fourth-order valence-electron chi connectivity index (χ4n) is 3.27. The summed E-state index contributed by atoms with van der Waals surface area (Å²) in [6, 6.07) is 20.5. The van der Waals surface area contributed by atoms with Crippen molar-refractivity contribution in [2.45, 2.75) is 12.5 Å². The van der Waals surface area contributed by atoms with Gasteiger partial charge in [0.15, 0.2) is 0 Å². The standard InChI is InChI=1S/C21H17ClN2O2/c22-17-7-9-19(10-8-17)24-13-18(12-20(24)25)23-21(26)16-6-5-14-3-1-2-4-15(14)11-16/h1-11,18H,12-13H2,(H,23,26)/t18-/m0/s1. The van der Waals surface area contributed by atoms with Crippen molar-refractivity contribution in [1.82, 2.24) is 5.32 Å². The summed E-state index contributed by atoms with van der Waals surface area (Å²) in [6.45, 7) is 0.458. The van der Waals surface area contributed by atoms with E-state index in [9.17, 15) is 9.59 Å². The summed E-state index contributed by atoms with van der Waals surface area (Å²) in [5.74, 6) is -0.164. The number of hydrogen-bond acceptors (Lipinski definition) is 2. The molecule has 0 unspecified atom stereocenters. The van der Waals surface area contributed by atoms with Crippen molar-refractivity contribution in [2.24, 2.45) is 0 Å². The van der Waals surface area contributed by atoms with Crippen LogP contribution in [0.3, 0.4) is 0 Å². The Morgan fingerprint density at radius 2 is 1.73 bits per heavy atom. The summed E-state index contributed by atoms with van der Waals surface area (Å²) in [7, 11) is 0. The number of amides is 2. The Balaban J connectivity index is 1.47. The Bertz CT molecular complexity index is 985. The first kappa shape index (κ1) is 16.6. The molecule has 0 aromatic heterocycles. The number of nitrogens with zero attached hydrogens (tertiary/aromatic N) is 1. The second-order valence-electron chi connectivity index (χ2n) is 6.42. The molecule has 1 heterocycles. The van der Waals surface area contributed by atoms with E-state index in [0.717, 1.165) is 16.5 Å². The molecule has 1 atom stereocenters. The molecule has 0 aliphatic carbocycles. The van der Waals surface area contributed by atoms with Crippen molar-refractivity contribution in [3.63, 3.8) is 0 Å². The van der Waals surface area contributed by atoms with Crippen molar-refractivity contribution in [1.29, 1.82) is 0 Å². The lowest BCUT2D eigenvalue weighted by atomic mass is 10.1. The Hall–Kier alpha value is -2.85. The number of benzene rings is 3. The fourth-order valence-corrected chi connectivity index (χ4v) is 3.40. The van der Waals surface area contributed by atoms with Crippen LogP contribution in [0.15, 0.2) is 66.7 Å². The van der Waals surface area contributed by atoms with Gasteiger partial charge in [-0.2, -0.15) is 0 Å². The number of anilines is 1. The highest BCUT2D eigenvalue weighted by molar-refractivity contribution is 6.30. The zero-order chi connectivity index (χ0) is 18.1. The molecule has 1 fully saturated rings. The summed E-state index contributed by atoms with van der Waals surface area (Å²) >= 11 is 5.90. The minimum atomic E-state index is -0.211. The van der Waals surface area contributed by atoms with Gasteiger partial charge in [-0.05, 0) is 47.2 Å². The van der Waals surface area contributed by atoms with E-state index >= 15 is 0 Å². The molecule has 0 bridgehead atoms. The second kappa shape index (κ2) is 6.81. The quantitative estimate of drug-likeness (QED) is 0.762. The highest BCUT2D eigenvalue weighted by Gasteiger charge is 2.31. The molecule has 4 rings (SSSR count). The van der Waals surface area contributed by atoms with E-state index in [4.69, 9.17) is 11.6 Å². The normalized spacial score (nSPS) is 16.9. The van der Waals surface area contributed by atoms with E-state index in [1.807, 2.05) is 54.6 Å². The van der Waals surface area contributed by atoms with Crippen LogP contribution in [-0.2, 0) is 4.79 Å². The topological polar surface area (TPSA) is 49.4 Å². The lowest BCUT2D eigenvalue weighted by Gasteiger charge is -2.17. The third-order valence-corrected chi connectivity index (χ3v) is 4.86. The number of hydrogen-bond donors (Lipinski definition) is 1. The van der Waals surface area contributed by atoms with Gasteiger partial charge in [0, 0.05) is 29.2 Å². The maximum atomic E-state index is 12.6. The van der Waals surface area contributed by atoms with Gasteiger partial charge in [-0.3, -0.25) is 9.59 Å². The van der Waals surface area contributed by atoms with E-state index in [2.05, 4.69) is 5.32 Å². The second-order valence-corrected chi connectivity index (χ2v) is 6.85. The van der Waals surface area contributed by atoms with Gasteiger partial charge in [0.05, 0.1) is 6.04 Å². The zero-order valence-corrected chi connectivity index (χ0v) is 14.7. The molecule has 1 N–H and O–H groups in total. The van der Waals surface area contributed by atoms with Gasteiger partial charge >= 0.3 is 0 Å². The van der Waals surface area contributed by atoms with E-state index in [-0.39, 0.29) is 17.9 Å². The van der Waals surface area contributed by atoms with Crippen LogP contribution < -0.4 is 10.2 Å². The van der Waals surface area contributed by atoms with Gasteiger partial charge in [0.1, 0.15) is 0 Å². The first-order chi connectivity index (χ1) is 12.6. The van der Waals surface area contributed by atoms with Gasteiger partial charge in [-0.25, -0.2) is 0 Å². The summed E-state index contributed by atoms with van der Waals surface area (Å²) in [4.78, 5) is 26.6. The molecule has 0 spiro atoms. The number of halogens is 1. The van der Waals surface area contributed by atoms with E-state index in [1.54, 1.807) is 17.0 Å². The van der Waals surface area contributed by atoms with Crippen LogP contribution in [0.25, 0.3) is 10.8 Å². The minimum absolute atomic E-state index is 0.00358. The number of fused-ring (bicyclic) bond motifs is 1. The highest BCUT2D eigenvalue weighted by Crippen LogP contribution is 2.24. The van der Waals surface area contributed by atoms with Gasteiger partial charge in [-0.1, -0.05) is 41.9 Å². The lowest BCUT2D eigenvalue weighted by Crippen LogP contribution is -2.37. The molecule has 1 saturated heterocycles. The lowest BCUT2D eigenvalue weighted by molar-refractivity contribution is -0.117. The van der Waals surface area contributed by atoms with E-state index in [1.165, 1.54) is 0 Å². The molecule has 130 valence electrons. The predicted octanol–water partition coefficient (Wildman–Crippen LogP) is 4.03. The van der Waals surface area contributed by atoms with Crippen molar-refractivity contribution in [3.05, 3.63) is 77.3 Å². The fraction of sp³-hybridized carbons (Fsp3) is 0.143. The highest BCUT2D eigenvalue weighted by atomic mass is 35.5. The Morgan fingerprint density at radius 3 is 2.50 bits per heavy atom. The molecule has 5 heteroatoms. The van der Waals surface area contributed by atoms with Crippen LogP contribution in [0.1, 0.15) is 16.8 Å². The Labute approximate surface area is 156 Å². The molecule has 3 aromatic rings. The van der Waals surface area contributed by atoms with Crippen LogP contribution >= 0.6 is 11.6 Å². The zero-order valence-electron chi connectivity index (χ0n) is 14.0. The summed E-state index contributed by atoms with van der Waals surface area (Å²) in [5, 5.41) is 5.71. The maximum absolute atomic E-state index is 12.6. The molecule has 0 radical (unpaired) electrons. The number of rotatable bonds is 3. The molecule has 3 aromatic carbocycles. The number of carbonyl (C=O) groups is 2. The summed E-state index contributed by atoms with van der Waals surface area (Å²) in [5.41, 5.74) is 1.39. The van der Waals surface area contributed by atoms with Crippen LogP contribution in [0.5, 0.6) is 0 Å². The molecule has 2 amide bonds. The van der Waals surface area contributed by atoms with Crippen molar-refractivity contribution >= 4 is 39.9 Å². The minimum Gasteiger partial charge on any atom is -0.347 e. The SMILES string of the molecule is O=C(N[C@H]1CC(=O)N(c2ccc(Cl)cc2)C1)c1ccc2ccccc2c1. The Morgan fingerprint density at radius 1 is 1.00 bits per heavy atom. The molecule has 1 aliphatic heterocycles. The van der Waals surface area contributed by atoms with Crippen LogP contribution in [-0.4, -0.2) is 24.4 Å². The third kappa shape index (κ3) is 3.28. The van der Waals surface area contributed by atoms with Gasteiger partial charge in [0.2, 0.25) is 5.91 Å².